The highest BCUT2D eigenvalue weighted by Gasteiger charge is 2.26. The summed E-state index contributed by atoms with van der Waals surface area (Å²) in [5.41, 5.74) is 1.73. The number of aromatic hydroxyl groups is 1. The molecule has 6 heteroatoms. The number of phenolic OH excluding ortho intramolecular Hbond substituents is 1. The maximum Gasteiger partial charge on any atom is 0.333 e. The summed E-state index contributed by atoms with van der Waals surface area (Å²) < 4.78 is 5.82. The minimum Gasteiger partial charge on any atom is -0.507 e. The van der Waals surface area contributed by atoms with Crippen LogP contribution in [0.5, 0.6) is 5.75 Å². The molecule has 0 spiro atoms. The Morgan fingerprint density at radius 3 is 2.14 bits per heavy atom. The van der Waals surface area contributed by atoms with E-state index in [1.807, 2.05) is 53.7 Å². The average Bonchev–Trinajstić information content (AvgIpc) is 2.86. The van der Waals surface area contributed by atoms with Crippen LogP contribution in [0, 0.1) is 0 Å². The monoisotopic (exact) mass is 403 g/mol. The van der Waals surface area contributed by atoms with Gasteiger partial charge >= 0.3 is 5.97 Å². The van der Waals surface area contributed by atoms with Crippen molar-refractivity contribution >= 4 is 29.5 Å². The van der Waals surface area contributed by atoms with Crippen molar-refractivity contribution in [3.63, 3.8) is 0 Å². The molecule has 0 fully saturated rings. The summed E-state index contributed by atoms with van der Waals surface area (Å²) in [6, 6.07) is 3.83. The molecule has 0 aliphatic rings. The quantitative estimate of drug-likeness (QED) is 0.773. The van der Waals surface area contributed by atoms with E-state index in [1.54, 1.807) is 13.0 Å². The fourth-order valence-corrected chi connectivity index (χ4v) is 3.72. The molecular weight excluding hydrogens is 374 g/mol. The van der Waals surface area contributed by atoms with Crippen molar-refractivity contribution in [1.29, 1.82) is 0 Å². The number of aromatic amines is 1. The molecule has 0 amide bonds. The molecule has 0 unspecified atom stereocenters. The molecule has 2 aromatic rings. The van der Waals surface area contributed by atoms with Gasteiger partial charge in [-0.1, -0.05) is 41.5 Å². The van der Waals surface area contributed by atoms with E-state index >= 15 is 0 Å². The third kappa shape index (κ3) is 5.13. The van der Waals surface area contributed by atoms with Crippen molar-refractivity contribution in [3.05, 3.63) is 48.4 Å². The number of phenols is 1. The zero-order chi connectivity index (χ0) is 21.3. The van der Waals surface area contributed by atoms with Crippen LogP contribution in [-0.4, -0.2) is 22.7 Å². The van der Waals surface area contributed by atoms with Crippen LogP contribution in [0.15, 0.2) is 16.9 Å². The summed E-state index contributed by atoms with van der Waals surface area (Å²) >= 11 is 1.20. The van der Waals surface area contributed by atoms with Gasteiger partial charge in [0.1, 0.15) is 10.4 Å². The van der Waals surface area contributed by atoms with E-state index in [4.69, 9.17) is 4.74 Å². The van der Waals surface area contributed by atoms with Gasteiger partial charge in [-0.25, -0.2) is 4.79 Å². The third-order valence-corrected chi connectivity index (χ3v) is 5.22. The number of ether oxygens (including phenoxy) is 1. The summed E-state index contributed by atoms with van der Waals surface area (Å²) in [6.07, 6.45) is 3.07. The normalized spacial score (nSPS) is 13.8. The van der Waals surface area contributed by atoms with Gasteiger partial charge in [-0.3, -0.25) is 4.79 Å². The molecule has 1 aromatic carbocycles. The molecule has 152 valence electrons. The Balaban J connectivity index is 2.68. The lowest BCUT2D eigenvalue weighted by Gasteiger charge is -2.27. The Hall–Kier alpha value is -2.34. The maximum atomic E-state index is 12.3. The number of hydrogen-bond acceptors (Lipinski definition) is 5. The van der Waals surface area contributed by atoms with Crippen LogP contribution in [0.2, 0.25) is 0 Å². The molecule has 0 aliphatic carbocycles. The van der Waals surface area contributed by atoms with Gasteiger partial charge in [0.05, 0.1) is 17.2 Å². The largest absolute Gasteiger partial charge is 0.507 e. The number of rotatable bonds is 3. The van der Waals surface area contributed by atoms with Crippen molar-refractivity contribution in [2.45, 2.75) is 59.3 Å². The Morgan fingerprint density at radius 2 is 1.68 bits per heavy atom. The second kappa shape index (κ2) is 7.95. The molecular formula is C22H29NO4S. The Kier molecular flexibility index (Phi) is 6.24. The minimum atomic E-state index is -0.485. The lowest BCUT2D eigenvalue weighted by atomic mass is 9.78. The van der Waals surface area contributed by atoms with E-state index in [1.165, 1.54) is 17.4 Å². The number of esters is 1. The van der Waals surface area contributed by atoms with Crippen LogP contribution in [-0.2, 0) is 20.4 Å². The van der Waals surface area contributed by atoms with Crippen molar-refractivity contribution < 1.29 is 14.6 Å². The van der Waals surface area contributed by atoms with Crippen LogP contribution in [0.25, 0.3) is 12.2 Å². The van der Waals surface area contributed by atoms with E-state index in [2.05, 4.69) is 4.98 Å². The van der Waals surface area contributed by atoms with Gasteiger partial charge in [0.2, 0.25) is 0 Å². The fraction of sp³-hybridized carbons (Fsp3) is 0.455. The predicted octanol–water partition coefficient (Wildman–Crippen LogP) is 2.91. The number of nitrogens with one attached hydrogen (secondary N) is 1. The molecule has 0 bridgehead atoms. The summed E-state index contributed by atoms with van der Waals surface area (Å²) in [4.78, 5) is 26.6. The van der Waals surface area contributed by atoms with Crippen molar-refractivity contribution in [1.82, 2.24) is 4.98 Å². The van der Waals surface area contributed by atoms with E-state index in [9.17, 15) is 14.7 Å². The van der Waals surface area contributed by atoms with Crippen LogP contribution < -0.4 is 14.8 Å². The van der Waals surface area contributed by atoms with Gasteiger partial charge in [0.15, 0.2) is 0 Å². The summed E-state index contributed by atoms with van der Waals surface area (Å²) in [5, 5.41) is 10.8. The first-order valence-electron chi connectivity index (χ1n) is 9.30. The van der Waals surface area contributed by atoms with E-state index in [0.29, 0.717) is 14.9 Å². The number of hydrogen-bond donors (Lipinski definition) is 2. The van der Waals surface area contributed by atoms with E-state index in [0.717, 1.165) is 16.7 Å². The van der Waals surface area contributed by atoms with Gasteiger partial charge in [0, 0.05) is 11.1 Å². The standard InChI is InChI=1S/C22H29NO4S/c1-8-27-18(24)12-17-23-20(26)16(28-17)11-13-9-14(21(2,3)4)19(25)15(10-13)22(5,6)7/h9-12,25H,8H2,1-7H3,(H,23,26). The zero-order valence-electron chi connectivity index (χ0n) is 17.6. The lowest BCUT2D eigenvalue weighted by Crippen LogP contribution is -2.21. The minimum absolute atomic E-state index is 0.251. The fourth-order valence-electron chi connectivity index (χ4n) is 2.85. The Morgan fingerprint density at radius 1 is 1.14 bits per heavy atom. The van der Waals surface area contributed by atoms with Gasteiger partial charge in [-0.05, 0) is 41.5 Å². The molecule has 0 atom stereocenters. The van der Waals surface area contributed by atoms with Gasteiger partial charge < -0.3 is 14.8 Å². The third-order valence-electron chi connectivity index (χ3n) is 4.26. The van der Waals surface area contributed by atoms with Crippen molar-refractivity contribution in [3.8, 4) is 5.75 Å². The first-order valence-corrected chi connectivity index (χ1v) is 10.1. The number of thiazole rings is 1. The number of aromatic nitrogens is 1. The topological polar surface area (TPSA) is 79.4 Å². The number of benzene rings is 1. The first-order chi connectivity index (χ1) is 12.8. The molecule has 0 saturated carbocycles. The van der Waals surface area contributed by atoms with Gasteiger partial charge in [0.25, 0.3) is 5.56 Å². The molecule has 0 saturated heterocycles. The molecule has 28 heavy (non-hydrogen) atoms. The van der Waals surface area contributed by atoms with Crippen LogP contribution in [0.4, 0.5) is 0 Å². The zero-order valence-corrected chi connectivity index (χ0v) is 18.4. The lowest BCUT2D eigenvalue weighted by molar-refractivity contribution is -0.135. The highest BCUT2D eigenvalue weighted by Crippen LogP contribution is 2.39. The summed E-state index contributed by atoms with van der Waals surface area (Å²) in [7, 11) is 0. The summed E-state index contributed by atoms with van der Waals surface area (Å²) in [5.74, 6) is -0.185. The highest BCUT2D eigenvalue weighted by molar-refractivity contribution is 7.07. The Bertz CT molecular complexity index is 1010. The molecule has 0 radical (unpaired) electrons. The maximum absolute atomic E-state index is 12.3. The predicted molar refractivity (Wildman–Crippen MR) is 114 cm³/mol. The van der Waals surface area contributed by atoms with Gasteiger partial charge in [-0.15, -0.1) is 11.3 Å². The van der Waals surface area contributed by atoms with Crippen LogP contribution in [0.3, 0.4) is 0 Å². The molecule has 5 nitrogen and oxygen atoms in total. The Labute approximate surface area is 169 Å². The molecule has 0 aliphatic heterocycles. The smallest absolute Gasteiger partial charge is 0.333 e. The van der Waals surface area contributed by atoms with E-state index in [-0.39, 0.29) is 23.0 Å². The van der Waals surface area contributed by atoms with Crippen molar-refractivity contribution in [2.24, 2.45) is 0 Å². The number of H-pyrrole nitrogens is 1. The summed E-state index contributed by atoms with van der Waals surface area (Å²) in [6.45, 7) is 14.3. The van der Waals surface area contributed by atoms with Crippen LogP contribution >= 0.6 is 11.3 Å². The second-order valence-corrected chi connectivity index (χ2v) is 9.87. The average molecular weight is 404 g/mol. The molecule has 2 N–H and O–H groups in total. The number of carbonyl (C=O) groups is 1. The molecule has 1 heterocycles. The number of carbonyl (C=O) groups excluding carboxylic acids is 1. The van der Waals surface area contributed by atoms with E-state index < -0.39 is 5.97 Å². The van der Waals surface area contributed by atoms with Crippen LogP contribution in [0.1, 0.15) is 65.2 Å². The van der Waals surface area contributed by atoms with Gasteiger partial charge in [-0.2, -0.15) is 0 Å². The highest BCUT2D eigenvalue weighted by atomic mass is 32.1. The van der Waals surface area contributed by atoms with Crippen molar-refractivity contribution in [2.75, 3.05) is 6.61 Å². The second-order valence-electron chi connectivity index (χ2n) is 8.79. The molecule has 2 rings (SSSR count). The SMILES string of the molecule is CCOC(=O)C=c1[nH]c(=O)c(=Cc2cc(C(C)(C)C)c(O)c(C(C)(C)C)c2)s1. The first kappa shape index (κ1) is 22.0. The molecule has 1 aromatic heterocycles.